The standard InChI is InChI=1S/C14H10BrClF2/c15-13-8-11(18)4-5-12(13)14(16)7-9-2-1-3-10(17)6-9/h1-6,8,14H,7H2. The van der Waals surface area contributed by atoms with Crippen LogP contribution in [0.1, 0.15) is 16.5 Å². The van der Waals surface area contributed by atoms with Gasteiger partial charge in [0.2, 0.25) is 0 Å². The summed E-state index contributed by atoms with van der Waals surface area (Å²) in [6.45, 7) is 0. The molecular formula is C14H10BrClF2. The van der Waals surface area contributed by atoms with Crippen LogP contribution in [0.5, 0.6) is 0 Å². The zero-order chi connectivity index (χ0) is 13.1. The molecule has 1 atom stereocenters. The van der Waals surface area contributed by atoms with Gasteiger partial charge in [-0.25, -0.2) is 8.78 Å². The molecule has 0 radical (unpaired) electrons. The SMILES string of the molecule is Fc1cccc(CC(Cl)c2ccc(F)cc2Br)c1. The highest BCUT2D eigenvalue weighted by Crippen LogP contribution is 2.31. The predicted octanol–water partition coefficient (Wildman–Crippen LogP) is 5.25. The van der Waals surface area contributed by atoms with Crippen molar-refractivity contribution in [1.82, 2.24) is 0 Å². The third-order valence-corrected chi connectivity index (χ3v) is 3.68. The second kappa shape index (κ2) is 5.81. The van der Waals surface area contributed by atoms with Crippen LogP contribution >= 0.6 is 27.5 Å². The molecule has 0 aliphatic rings. The van der Waals surface area contributed by atoms with Crippen LogP contribution in [0.2, 0.25) is 0 Å². The van der Waals surface area contributed by atoms with Crippen molar-refractivity contribution in [1.29, 1.82) is 0 Å². The Morgan fingerprint density at radius 3 is 2.44 bits per heavy atom. The van der Waals surface area contributed by atoms with Gasteiger partial charge in [-0.05, 0) is 41.8 Å². The van der Waals surface area contributed by atoms with E-state index in [0.29, 0.717) is 10.9 Å². The summed E-state index contributed by atoms with van der Waals surface area (Å²) in [5.74, 6) is -0.602. The Hall–Kier alpha value is -0.930. The minimum Gasteiger partial charge on any atom is -0.207 e. The molecule has 1 unspecified atom stereocenters. The van der Waals surface area contributed by atoms with Crippen molar-refractivity contribution in [2.24, 2.45) is 0 Å². The molecule has 0 aliphatic heterocycles. The molecule has 0 aromatic heterocycles. The summed E-state index contributed by atoms with van der Waals surface area (Å²) < 4.78 is 26.6. The Bertz CT molecular complexity index is 557. The molecule has 2 aromatic carbocycles. The molecule has 2 rings (SSSR count). The summed E-state index contributed by atoms with van der Waals surface area (Å²) in [6, 6.07) is 10.7. The summed E-state index contributed by atoms with van der Waals surface area (Å²) >= 11 is 9.55. The third-order valence-electron chi connectivity index (χ3n) is 2.60. The highest BCUT2D eigenvalue weighted by atomic mass is 79.9. The first kappa shape index (κ1) is 13.5. The van der Waals surface area contributed by atoms with Crippen LogP contribution in [-0.2, 0) is 6.42 Å². The van der Waals surface area contributed by atoms with Gasteiger partial charge in [0.25, 0.3) is 0 Å². The molecule has 0 heterocycles. The van der Waals surface area contributed by atoms with Gasteiger partial charge in [-0.1, -0.05) is 34.1 Å². The van der Waals surface area contributed by atoms with Crippen LogP contribution in [0.15, 0.2) is 46.9 Å². The maximum atomic E-state index is 13.1. The van der Waals surface area contributed by atoms with Crippen LogP contribution in [-0.4, -0.2) is 0 Å². The Labute approximate surface area is 118 Å². The lowest BCUT2D eigenvalue weighted by atomic mass is 10.0. The molecule has 0 fully saturated rings. The summed E-state index contributed by atoms with van der Waals surface area (Å²) in [6.07, 6.45) is 0.490. The van der Waals surface area contributed by atoms with E-state index in [2.05, 4.69) is 15.9 Å². The van der Waals surface area contributed by atoms with Crippen LogP contribution in [0.3, 0.4) is 0 Å². The first-order valence-corrected chi connectivity index (χ1v) is 6.62. The topological polar surface area (TPSA) is 0 Å². The van der Waals surface area contributed by atoms with Gasteiger partial charge in [-0.2, -0.15) is 0 Å². The number of benzene rings is 2. The molecular weight excluding hydrogens is 322 g/mol. The van der Waals surface area contributed by atoms with E-state index in [1.54, 1.807) is 12.1 Å². The van der Waals surface area contributed by atoms with Crippen molar-refractivity contribution in [2.45, 2.75) is 11.8 Å². The van der Waals surface area contributed by atoms with Gasteiger partial charge in [0.1, 0.15) is 11.6 Å². The van der Waals surface area contributed by atoms with E-state index >= 15 is 0 Å². The van der Waals surface area contributed by atoms with E-state index in [0.717, 1.165) is 11.1 Å². The maximum absolute atomic E-state index is 13.1. The van der Waals surface area contributed by atoms with Crippen molar-refractivity contribution in [3.63, 3.8) is 0 Å². The van der Waals surface area contributed by atoms with Crippen LogP contribution in [0, 0.1) is 11.6 Å². The van der Waals surface area contributed by atoms with Crippen molar-refractivity contribution in [3.05, 3.63) is 69.7 Å². The van der Waals surface area contributed by atoms with Gasteiger partial charge in [-0.15, -0.1) is 11.6 Å². The summed E-state index contributed by atoms with van der Waals surface area (Å²) in [7, 11) is 0. The molecule has 0 amide bonds. The second-order valence-electron chi connectivity index (χ2n) is 3.97. The van der Waals surface area contributed by atoms with E-state index < -0.39 is 0 Å². The molecule has 0 spiro atoms. The lowest BCUT2D eigenvalue weighted by molar-refractivity contribution is 0.624. The predicted molar refractivity (Wildman–Crippen MR) is 72.8 cm³/mol. The maximum Gasteiger partial charge on any atom is 0.124 e. The summed E-state index contributed by atoms with van der Waals surface area (Å²) in [5.41, 5.74) is 1.61. The first-order chi connectivity index (χ1) is 8.56. The molecule has 94 valence electrons. The van der Waals surface area contributed by atoms with Crippen LogP contribution in [0.25, 0.3) is 0 Å². The van der Waals surface area contributed by atoms with E-state index in [1.165, 1.54) is 24.3 Å². The fraction of sp³-hybridized carbons (Fsp3) is 0.143. The van der Waals surface area contributed by atoms with Gasteiger partial charge in [0, 0.05) is 4.47 Å². The van der Waals surface area contributed by atoms with Gasteiger partial charge < -0.3 is 0 Å². The number of hydrogen-bond acceptors (Lipinski definition) is 0. The number of hydrogen-bond donors (Lipinski definition) is 0. The monoisotopic (exact) mass is 330 g/mol. The largest absolute Gasteiger partial charge is 0.207 e. The normalized spacial score (nSPS) is 12.4. The Morgan fingerprint density at radius 1 is 1.06 bits per heavy atom. The van der Waals surface area contributed by atoms with E-state index in [1.807, 2.05) is 6.07 Å². The van der Waals surface area contributed by atoms with Crippen molar-refractivity contribution in [3.8, 4) is 0 Å². The molecule has 4 heteroatoms. The lowest BCUT2D eigenvalue weighted by Gasteiger charge is -2.12. The molecule has 0 saturated heterocycles. The fourth-order valence-electron chi connectivity index (χ4n) is 1.74. The summed E-state index contributed by atoms with van der Waals surface area (Å²) in [4.78, 5) is 0. The van der Waals surface area contributed by atoms with Gasteiger partial charge >= 0.3 is 0 Å². The lowest BCUT2D eigenvalue weighted by Crippen LogP contribution is -1.98. The van der Waals surface area contributed by atoms with Crippen molar-refractivity contribution < 1.29 is 8.78 Å². The minimum absolute atomic E-state index is 0.283. The Balaban J connectivity index is 2.19. The molecule has 0 saturated carbocycles. The van der Waals surface area contributed by atoms with E-state index in [9.17, 15) is 8.78 Å². The van der Waals surface area contributed by atoms with E-state index in [4.69, 9.17) is 11.6 Å². The molecule has 0 nitrogen and oxygen atoms in total. The number of halogens is 4. The van der Waals surface area contributed by atoms with Crippen LogP contribution < -0.4 is 0 Å². The van der Waals surface area contributed by atoms with Crippen LogP contribution in [0.4, 0.5) is 8.78 Å². The quantitative estimate of drug-likeness (QED) is 0.674. The van der Waals surface area contributed by atoms with Gasteiger partial charge in [-0.3, -0.25) is 0 Å². The van der Waals surface area contributed by atoms with E-state index in [-0.39, 0.29) is 17.0 Å². The van der Waals surface area contributed by atoms with Gasteiger partial charge in [0.15, 0.2) is 0 Å². The summed E-state index contributed by atoms with van der Waals surface area (Å²) in [5, 5.41) is -0.332. The number of rotatable bonds is 3. The molecule has 0 aliphatic carbocycles. The zero-order valence-corrected chi connectivity index (χ0v) is 11.7. The Morgan fingerprint density at radius 2 is 1.78 bits per heavy atom. The first-order valence-electron chi connectivity index (χ1n) is 5.40. The number of alkyl halides is 1. The third kappa shape index (κ3) is 3.30. The zero-order valence-electron chi connectivity index (χ0n) is 9.34. The van der Waals surface area contributed by atoms with Gasteiger partial charge in [0.05, 0.1) is 5.38 Å². The van der Waals surface area contributed by atoms with Crippen molar-refractivity contribution >= 4 is 27.5 Å². The average Bonchev–Trinajstić information content (AvgIpc) is 2.28. The fourth-order valence-corrected chi connectivity index (χ4v) is 2.86. The highest BCUT2D eigenvalue weighted by molar-refractivity contribution is 9.10. The van der Waals surface area contributed by atoms with Crippen molar-refractivity contribution in [2.75, 3.05) is 0 Å². The molecule has 0 N–H and O–H groups in total. The molecule has 2 aromatic rings. The second-order valence-corrected chi connectivity index (χ2v) is 5.35. The average molecular weight is 332 g/mol. The highest BCUT2D eigenvalue weighted by Gasteiger charge is 2.13. The molecule has 18 heavy (non-hydrogen) atoms. The molecule has 0 bridgehead atoms. The minimum atomic E-state index is -0.332. The Kier molecular flexibility index (Phi) is 4.36. The smallest absolute Gasteiger partial charge is 0.124 e.